The number of rotatable bonds is 2. The van der Waals surface area contributed by atoms with Crippen LogP contribution in [0.2, 0.25) is 0 Å². The molecule has 102 valence electrons. The highest BCUT2D eigenvalue weighted by atomic mass is 16.6. The minimum atomic E-state index is -1.22. The predicted octanol–water partition coefficient (Wildman–Crippen LogP) is 2.50. The van der Waals surface area contributed by atoms with Crippen LogP contribution in [0.4, 0.5) is 0 Å². The molecule has 0 unspecified atom stereocenters. The van der Waals surface area contributed by atoms with Gasteiger partial charge in [-0.05, 0) is 11.6 Å². The van der Waals surface area contributed by atoms with Crippen LogP contribution in [0.15, 0.2) is 54.6 Å². The first-order chi connectivity index (χ1) is 9.68. The maximum absolute atomic E-state index is 11.3. The molecule has 0 spiro atoms. The average Bonchev–Trinajstić information content (AvgIpc) is 2.47. The Bertz CT molecular complexity index is 629. The van der Waals surface area contributed by atoms with Gasteiger partial charge in [0.25, 0.3) is 6.04 Å². The molecule has 1 aliphatic heterocycles. The van der Waals surface area contributed by atoms with Gasteiger partial charge in [-0.3, -0.25) is 10.1 Å². The molecule has 0 saturated heterocycles. The van der Waals surface area contributed by atoms with Crippen molar-refractivity contribution in [2.45, 2.75) is 18.2 Å². The van der Waals surface area contributed by atoms with Gasteiger partial charge in [-0.1, -0.05) is 48.5 Å². The number of ether oxygens (including phenoxy) is 1. The molecule has 0 aliphatic carbocycles. The van der Waals surface area contributed by atoms with E-state index in [1.54, 1.807) is 48.5 Å². The van der Waals surface area contributed by atoms with Gasteiger partial charge in [0.2, 0.25) is 0 Å². The Balaban J connectivity index is 2.08. The molecule has 0 fully saturated rings. The second kappa shape index (κ2) is 4.94. The Morgan fingerprint density at radius 2 is 1.70 bits per heavy atom. The highest BCUT2D eigenvalue weighted by Gasteiger charge is 2.46. The molecule has 0 bridgehead atoms. The quantitative estimate of drug-likeness (QED) is 0.672. The second-order valence-corrected chi connectivity index (χ2v) is 4.71. The summed E-state index contributed by atoms with van der Waals surface area (Å²) >= 11 is 0. The van der Waals surface area contributed by atoms with Gasteiger partial charge in [-0.25, -0.2) is 0 Å². The zero-order valence-corrected chi connectivity index (χ0v) is 10.5. The SMILES string of the molecule is O=[N+]([O-])[C@@H]1[C@@H](O)c2ccccc2O[C@H]1c1ccccc1. The Morgan fingerprint density at radius 3 is 2.40 bits per heavy atom. The molecule has 0 saturated carbocycles. The Morgan fingerprint density at radius 1 is 1.05 bits per heavy atom. The lowest BCUT2D eigenvalue weighted by Gasteiger charge is -2.32. The van der Waals surface area contributed by atoms with E-state index < -0.39 is 23.2 Å². The molecule has 1 aliphatic rings. The normalized spacial score (nSPS) is 24.6. The summed E-state index contributed by atoms with van der Waals surface area (Å²) in [5, 5.41) is 21.6. The highest BCUT2D eigenvalue weighted by molar-refractivity contribution is 5.39. The maximum atomic E-state index is 11.3. The molecule has 1 heterocycles. The van der Waals surface area contributed by atoms with Crippen LogP contribution >= 0.6 is 0 Å². The first-order valence-electron chi connectivity index (χ1n) is 6.30. The highest BCUT2D eigenvalue weighted by Crippen LogP contribution is 2.41. The number of nitrogens with zero attached hydrogens (tertiary/aromatic N) is 1. The number of fused-ring (bicyclic) bond motifs is 1. The first-order valence-corrected chi connectivity index (χ1v) is 6.30. The molecule has 3 atom stereocenters. The van der Waals surface area contributed by atoms with Crippen LogP contribution in [0.3, 0.4) is 0 Å². The fourth-order valence-electron chi connectivity index (χ4n) is 2.52. The third-order valence-electron chi connectivity index (χ3n) is 3.50. The number of hydrogen-bond donors (Lipinski definition) is 1. The summed E-state index contributed by atoms with van der Waals surface area (Å²) in [6.07, 6.45) is -1.98. The van der Waals surface area contributed by atoms with Crippen molar-refractivity contribution in [3.8, 4) is 5.75 Å². The summed E-state index contributed by atoms with van der Waals surface area (Å²) in [7, 11) is 0. The molecule has 2 aromatic rings. The zero-order valence-electron chi connectivity index (χ0n) is 10.5. The van der Waals surface area contributed by atoms with E-state index in [1.807, 2.05) is 6.07 Å². The molecule has 0 radical (unpaired) electrons. The molecule has 3 rings (SSSR count). The summed E-state index contributed by atoms with van der Waals surface area (Å²) in [6, 6.07) is 14.6. The molecule has 0 amide bonds. The van der Waals surface area contributed by atoms with Gasteiger partial charge in [0, 0.05) is 10.5 Å². The van der Waals surface area contributed by atoms with E-state index >= 15 is 0 Å². The van der Waals surface area contributed by atoms with Crippen molar-refractivity contribution in [1.29, 1.82) is 0 Å². The fourth-order valence-corrected chi connectivity index (χ4v) is 2.52. The van der Waals surface area contributed by atoms with Crippen LogP contribution in [0, 0.1) is 10.1 Å². The van der Waals surface area contributed by atoms with Crippen LogP contribution in [0.1, 0.15) is 23.3 Å². The molecular weight excluding hydrogens is 258 g/mol. The van der Waals surface area contributed by atoms with Gasteiger partial charge in [-0.2, -0.15) is 0 Å². The fraction of sp³-hybridized carbons (Fsp3) is 0.200. The van der Waals surface area contributed by atoms with Crippen LogP contribution in [-0.4, -0.2) is 16.1 Å². The van der Waals surface area contributed by atoms with Crippen molar-refractivity contribution in [3.63, 3.8) is 0 Å². The van der Waals surface area contributed by atoms with Crippen LogP contribution in [0.5, 0.6) is 5.75 Å². The molecule has 0 aromatic heterocycles. The standard InChI is InChI=1S/C15H13NO4/c17-14-11-8-4-5-9-12(11)20-15(13(14)16(18)19)10-6-2-1-3-7-10/h1-9,13-15,17H/t13-,14+,15+/m1/s1. The van der Waals surface area contributed by atoms with Crippen molar-refractivity contribution < 1.29 is 14.8 Å². The minimum Gasteiger partial charge on any atom is -0.478 e. The lowest BCUT2D eigenvalue weighted by Crippen LogP contribution is -2.40. The van der Waals surface area contributed by atoms with Crippen molar-refractivity contribution in [3.05, 3.63) is 75.8 Å². The van der Waals surface area contributed by atoms with Gasteiger partial charge in [0.15, 0.2) is 12.2 Å². The van der Waals surface area contributed by atoms with E-state index in [0.29, 0.717) is 16.9 Å². The van der Waals surface area contributed by atoms with E-state index in [2.05, 4.69) is 0 Å². The van der Waals surface area contributed by atoms with Crippen molar-refractivity contribution in [2.24, 2.45) is 0 Å². The van der Waals surface area contributed by atoms with Crippen LogP contribution < -0.4 is 4.74 Å². The molecule has 2 aromatic carbocycles. The third-order valence-corrected chi connectivity index (χ3v) is 3.50. The molecule has 5 heteroatoms. The summed E-state index contributed by atoms with van der Waals surface area (Å²) in [5.41, 5.74) is 1.14. The van der Waals surface area contributed by atoms with E-state index in [1.165, 1.54) is 0 Å². The third kappa shape index (κ3) is 2.02. The van der Waals surface area contributed by atoms with Gasteiger partial charge in [0.05, 0.1) is 0 Å². The number of hydrogen-bond acceptors (Lipinski definition) is 4. The largest absolute Gasteiger partial charge is 0.478 e. The Labute approximate surface area is 115 Å². The number of nitro groups is 1. The maximum Gasteiger partial charge on any atom is 0.283 e. The van der Waals surface area contributed by atoms with Gasteiger partial charge < -0.3 is 9.84 Å². The lowest BCUT2D eigenvalue weighted by atomic mass is 9.90. The second-order valence-electron chi connectivity index (χ2n) is 4.71. The number of aliphatic hydroxyl groups is 1. The summed E-state index contributed by atoms with van der Waals surface area (Å²) in [5.74, 6) is 0.493. The number of aliphatic hydroxyl groups excluding tert-OH is 1. The van der Waals surface area contributed by atoms with Crippen LogP contribution in [0.25, 0.3) is 0 Å². The Hall–Kier alpha value is -2.40. The zero-order chi connectivity index (χ0) is 14.1. The number of para-hydroxylation sites is 1. The predicted molar refractivity (Wildman–Crippen MR) is 72.0 cm³/mol. The molecule has 5 nitrogen and oxygen atoms in total. The van der Waals surface area contributed by atoms with Crippen molar-refractivity contribution in [2.75, 3.05) is 0 Å². The van der Waals surface area contributed by atoms with Gasteiger partial charge in [0.1, 0.15) is 5.75 Å². The van der Waals surface area contributed by atoms with Gasteiger partial charge >= 0.3 is 0 Å². The molecule has 20 heavy (non-hydrogen) atoms. The number of benzene rings is 2. The first kappa shape index (κ1) is 12.6. The topological polar surface area (TPSA) is 72.6 Å². The van der Waals surface area contributed by atoms with Crippen molar-refractivity contribution >= 4 is 0 Å². The summed E-state index contributed by atoms with van der Waals surface area (Å²) in [4.78, 5) is 10.8. The van der Waals surface area contributed by atoms with Crippen molar-refractivity contribution in [1.82, 2.24) is 0 Å². The van der Waals surface area contributed by atoms with Gasteiger partial charge in [-0.15, -0.1) is 0 Å². The van der Waals surface area contributed by atoms with E-state index in [-0.39, 0.29) is 0 Å². The molecular formula is C15H13NO4. The average molecular weight is 271 g/mol. The van der Waals surface area contributed by atoms with E-state index in [9.17, 15) is 15.2 Å². The minimum absolute atomic E-state index is 0.460. The monoisotopic (exact) mass is 271 g/mol. The smallest absolute Gasteiger partial charge is 0.283 e. The summed E-state index contributed by atoms with van der Waals surface area (Å²) < 4.78 is 5.76. The van der Waals surface area contributed by atoms with E-state index in [4.69, 9.17) is 4.74 Å². The van der Waals surface area contributed by atoms with Crippen LogP contribution in [-0.2, 0) is 0 Å². The summed E-state index contributed by atoms with van der Waals surface area (Å²) in [6.45, 7) is 0. The van der Waals surface area contributed by atoms with E-state index in [0.717, 1.165) is 0 Å². The molecule has 1 N–H and O–H groups in total. The lowest BCUT2D eigenvalue weighted by molar-refractivity contribution is -0.549. The Kier molecular flexibility index (Phi) is 3.12.